The van der Waals surface area contributed by atoms with Crippen molar-refractivity contribution < 1.29 is 24.0 Å². The number of nitrogens with zero attached hydrogens (tertiary/aromatic N) is 4. The van der Waals surface area contributed by atoms with E-state index in [2.05, 4.69) is 44.3 Å². The van der Waals surface area contributed by atoms with Crippen LogP contribution in [0, 0.1) is 19.8 Å². The summed E-state index contributed by atoms with van der Waals surface area (Å²) in [7, 11) is 0. The van der Waals surface area contributed by atoms with Crippen LogP contribution in [0.3, 0.4) is 0 Å². The molecule has 4 aromatic rings. The highest BCUT2D eigenvalue weighted by atomic mass is 32.2. The quantitative estimate of drug-likeness (QED) is 0.158. The van der Waals surface area contributed by atoms with Gasteiger partial charge in [0.15, 0.2) is 4.90 Å². The molecule has 3 heterocycles. The van der Waals surface area contributed by atoms with Crippen LogP contribution in [0.5, 0.6) is 5.88 Å². The van der Waals surface area contributed by atoms with Gasteiger partial charge in [-0.2, -0.15) is 14.8 Å². The maximum Gasteiger partial charge on any atom is 0.335 e. The number of amides is 1. The first-order chi connectivity index (χ1) is 21.6. The van der Waals surface area contributed by atoms with Crippen LogP contribution < -0.4 is 20.1 Å². The smallest absolute Gasteiger partial charge is 0.335 e. The summed E-state index contributed by atoms with van der Waals surface area (Å²) in [4.78, 5) is 33.1. The topological polar surface area (TPSA) is 166 Å². The highest BCUT2D eigenvalue weighted by Gasteiger charge is 2.22. The summed E-state index contributed by atoms with van der Waals surface area (Å²) in [5.74, 6) is -0.472. The van der Waals surface area contributed by atoms with Crippen molar-refractivity contribution in [2.75, 3.05) is 17.9 Å². The van der Waals surface area contributed by atoms with E-state index in [0.29, 0.717) is 49.4 Å². The number of carbonyl (C=O) groups is 2. The molecule has 1 amide bonds. The van der Waals surface area contributed by atoms with Crippen molar-refractivity contribution in [2.45, 2.75) is 58.1 Å². The Bertz CT molecular complexity index is 1670. The number of aromatic carboxylic acids is 1. The third-order valence-corrected chi connectivity index (χ3v) is 8.40. The van der Waals surface area contributed by atoms with Gasteiger partial charge >= 0.3 is 5.97 Å². The SMILES string of the molecule is Cc1cccc(C)c1-c1cc(OCC(CC(C)C)NCc2cc3n(n2)CCNC3=O)nc(N[S+]([O-])c2cccc(C(=O)O)c2)n1. The van der Waals surface area contributed by atoms with Gasteiger partial charge in [-0.3, -0.25) is 9.48 Å². The van der Waals surface area contributed by atoms with Gasteiger partial charge in [0, 0.05) is 36.8 Å². The number of rotatable bonds is 13. The Labute approximate surface area is 264 Å². The minimum Gasteiger partial charge on any atom is -0.588 e. The number of carboxylic acid groups (broad SMARTS) is 1. The number of anilines is 1. The summed E-state index contributed by atoms with van der Waals surface area (Å²) in [5, 5.41) is 20.3. The second kappa shape index (κ2) is 14.1. The van der Waals surface area contributed by atoms with Gasteiger partial charge in [0.1, 0.15) is 23.7 Å². The number of benzene rings is 2. The summed E-state index contributed by atoms with van der Waals surface area (Å²) in [6, 6.07) is 15.4. The van der Waals surface area contributed by atoms with E-state index in [4.69, 9.17) is 4.74 Å². The molecule has 2 aromatic heterocycles. The van der Waals surface area contributed by atoms with Crippen molar-refractivity contribution >= 4 is 29.2 Å². The van der Waals surface area contributed by atoms with Gasteiger partial charge in [-0.1, -0.05) is 38.1 Å². The molecular formula is C32H37N7O5S. The van der Waals surface area contributed by atoms with E-state index in [1.54, 1.807) is 22.9 Å². The lowest BCUT2D eigenvalue weighted by molar-refractivity contribution is 0.0696. The van der Waals surface area contributed by atoms with Crippen LogP contribution in [0.25, 0.3) is 11.3 Å². The lowest BCUT2D eigenvalue weighted by atomic mass is 10.00. The second-order valence-corrected chi connectivity index (χ2v) is 12.6. The first kappa shape index (κ1) is 31.9. The molecule has 0 saturated heterocycles. The molecule has 2 aromatic carbocycles. The second-order valence-electron chi connectivity index (χ2n) is 11.4. The van der Waals surface area contributed by atoms with Crippen molar-refractivity contribution in [1.82, 2.24) is 30.4 Å². The highest BCUT2D eigenvalue weighted by molar-refractivity contribution is 7.92. The molecule has 45 heavy (non-hydrogen) atoms. The normalized spacial score (nSPS) is 14.0. The van der Waals surface area contributed by atoms with Gasteiger partial charge in [-0.25, -0.2) is 9.78 Å². The van der Waals surface area contributed by atoms with Gasteiger partial charge in [-0.15, -0.1) is 0 Å². The van der Waals surface area contributed by atoms with Gasteiger partial charge in [-0.05, 0) is 55.5 Å². The molecule has 1 aliphatic rings. The Morgan fingerprint density at radius 2 is 1.89 bits per heavy atom. The number of ether oxygens (including phenoxy) is 1. The number of hydrogen-bond acceptors (Lipinski definition) is 9. The number of carbonyl (C=O) groups excluding carboxylic acids is 1. The number of fused-ring (bicyclic) bond motifs is 1. The third kappa shape index (κ3) is 7.98. The third-order valence-electron chi connectivity index (χ3n) is 7.35. The largest absolute Gasteiger partial charge is 0.588 e. The number of aryl methyl sites for hydroxylation is 2. The zero-order valence-electron chi connectivity index (χ0n) is 25.7. The molecule has 2 unspecified atom stereocenters. The molecule has 0 spiro atoms. The first-order valence-corrected chi connectivity index (χ1v) is 15.9. The monoisotopic (exact) mass is 631 g/mol. The molecular weight excluding hydrogens is 594 g/mol. The standard InChI is InChI=1S/C32H37N7O5S/c1-19(2)13-24(34-17-23-15-27-30(40)33-11-12-39(27)37-23)18-44-28-16-26(29-20(3)7-5-8-21(29)4)35-32(36-28)38-45(43)25-10-6-9-22(14-25)31(41)42/h5-10,14-16,19,24,34H,11-13,17-18H2,1-4H3,(H,33,40)(H,41,42)(H,35,36,38). The highest BCUT2D eigenvalue weighted by Crippen LogP contribution is 2.29. The van der Waals surface area contributed by atoms with Crippen LogP contribution in [-0.4, -0.2) is 60.5 Å². The van der Waals surface area contributed by atoms with E-state index in [0.717, 1.165) is 28.8 Å². The van der Waals surface area contributed by atoms with Crippen LogP contribution in [0.15, 0.2) is 59.5 Å². The maximum absolute atomic E-state index is 13.2. The van der Waals surface area contributed by atoms with Gasteiger partial charge < -0.3 is 25.0 Å². The van der Waals surface area contributed by atoms with Crippen LogP contribution in [0.2, 0.25) is 0 Å². The van der Waals surface area contributed by atoms with E-state index in [1.807, 2.05) is 32.0 Å². The molecule has 0 bridgehead atoms. The predicted molar refractivity (Wildman–Crippen MR) is 171 cm³/mol. The molecule has 0 aliphatic carbocycles. The molecule has 0 fully saturated rings. The average molecular weight is 632 g/mol. The Morgan fingerprint density at radius 3 is 2.60 bits per heavy atom. The lowest BCUT2D eigenvalue weighted by Crippen LogP contribution is -2.36. The molecule has 1 aliphatic heterocycles. The fourth-order valence-electron chi connectivity index (χ4n) is 5.27. The Morgan fingerprint density at radius 1 is 1.13 bits per heavy atom. The molecule has 4 N–H and O–H groups in total. The van der Waals surface area contributed by atoms with Crippen molar-refractivity contribution in [2.24, 2.45) is 5.92 Å². The van der Waals surface area contributed by atoms with Gasteiger partial charge in [0.2, 0.25) is 5.88 Å². The van der Waals surface area contributed by atoms with Crippen molar-refractivity contribution in [1.29, 1.82) is 0 Å². The molecule has 2 atom stereocenters. The summed E-state index contributed by atoms with van der Waals surface area (Å²) in [6.07, 6.45) is 0.817. The number of aromatic nitrogens is 4. The van der Waals surface area contributed by atoms with Crippen LogP contribution >= 0.6 is 0 Å². The molecule has 0 radical (unpaired) electrons. The Hall–Kier alpha value is -4.46. The van der Waals surface area contributed by atoms with Crippen LogP contribution in [0.4, 0.5) is 5.95 Å². The molecule has 236 valence electrons. The lowest BCUT2D eigenvalue weighted by Gasteiger charge is -2.21. The van der Waals surface area contributed by atoms with Crippen molar-refractivity contribution in [3.05, 3.63) is 82.7 Å². The Kier molecular flexibility index (Phi) is 10.0. The summed E-state index contributed by atoms with van der Waals surface area (Å²) < 4.78 is 24.0. The van der Waals surface area contributed by atoms with Crippen molar-refractivity contribution in [3.63, 3.8) is 0 Å². The van der Waals surface area contributed by atoms with Gasteiger partial charge in [0.25, 0.3) is 11.9 Å². The Balaban J connectivity index is 1.37. The zero-order chi connectivity index (χ0) is 32.1. The number of hydrogen-bond donors (Lipinski definition) is 4. The minimum atomic E-state index is -1.83. The fourth-order valence-corrected chi connectivity index (χ4v) is 6.08. The van der Waals surface area contributed by atoms with E-state index < -0.39 is 17.3 Å². The molecule has 5 rings (SSSR count). The zero-order valence-corrected chi connectivity index (χ0v) is 26.5. The summed E-state index contributed by atoms with van der Waals surface area (Å²) >= 11 is -1.83. The minimum absolute atomic E-state index is 0.0274. The van der Waals surface area contributed by atoms with Gasteiger partial charge in [0.05, 0.1) is 23.5 Å². The number of nitrogens with one attached hydrogen (secondary N) is 3. The van der Waals surface area contributed by atoms with Crippen LogP contribution in [0.1, 0.15) is 57.9 Å². The maximum atomic E-state index is 13.2. The van der Waals surface area contributed by atoms with E-state index in [1.165, 1.54) is 18.2 Å². The average Bonchev–Trinajstić information content (AvgIpc) is 3.43. The van der Waals surface area contributed by atoms with Crippen LogP contribution in [-0.2, 0) is 24.5 Å². The predicted octanol–water partition coefficient (Wildman–Crippen LogP) is 4.12. The summed E-state index contributed by atoms with van der Waals surface area (Å²) in [5.41, 5.74) is 4.89. The molecule has 0 saturated carbocycles. The van der Waals surface area contributed by atoms with E-state index in [-0.39, 0.29) is 28.4 Å². The molecule has 13 heteroatoms. The molecule has 12 nitrogen and oxygen atoms in total. The fraction of sp³-hybridized carbons (Fsp3) is 0.344. The van der Waals surface area contributed by atoms with E-state index >= 15 is 0 Å². The van der Waals surface area contributed by atoms with E-state index in [9.17, 15) is 19.2 Å². The summed E-state index contributed by atoms with van der Waals surface area (Å²) in [6.45, 7) is 10.2. The first-order valence-electron chi connectivity index (χ1n) is 14.8. The number of carboxylic acids is 1. The van der Waals surface area contributed by atoms with Crippen molar-refractivity contribution in [3.8, 4) is 17.1 Å².